The molecule has 0 spiro atoms. The monoisotopic (exact) mass is 342 g/mol. The van der Waals surface area contributed by atoms with Gasteiger partial charge in [-0.2, -0.15) is 0 Å². The quantitative estimate of drug-likeness (QED) is 0.631. The number of nitro benzene ring substituents is 1. The van der Waals surface area contributed by atoms with E-state index in [9.17, 15) is 19.7 Å². The molecule has 25 heavy (non-hydrogen) atoms. The molecule has 1 unspecified atom stereocenters. The largest absolute Gasteiger partial charge is 0.320 e. The lowest BCUT2D eigenvalue weighted by molar-refractivity contribution is -0.384. The fraction of sp³-hybridized carbons (Fsp3) is 0.176. The summed E-state index contributed by atoms with van der Waals surface area (Å²) in [6, 6.07) is 13.5. The van der Waals surface area contributed by atoms with Gasteiger partial charge in [0.2, 0.25) is 5.91 Å². The number of amides is 2. The average Bonchev–Trinajstić information content (AvgIpc) is 2.60. The maximum Gasteiger partial charge on any atom is 0.269 e. The number of carbonyl (C=O) groups is 2. The first-order valence-electron chi connectivity index (χ1n) is 7.53. The van der Waals surface area contributed by atoms with Crippen molar-refractivity contribution in [3.63, 3.8) is 0 Å². The third-order valence-corrected chi connectivity index (χ3v) is 3.49. The first kappa shape index (κ1) is 18.1. The second-order valence-corrected chi connectivity index (χ2v) is 5.40. The van der Waals surface area contributed by atoms with Crippen LogP contribution in [0.2, 0.25) is 0 Å². The number of rotatable bonds is 5. The van der Waals surface area contributed by atoms with Crippen LogP contribution in [0.15, 0.2) is 54.6 Å². The molecule has 0 aromatic heterocycles. The summed E-state index contributed by atoms with van der Waals surface area (Å²) in [5.74, 6) is -0.889. The molecule has 2 rings (SSSR count). The van der Waals surface area contributed by atoms with Gasteiger partial charge in [-0.15, -0.1) is 0 Å². The zero-order chi connectivity index (χ0) is 18.4. The number of nitro groups is 1. The van der Waals surface area contributed by atoms with Crippen LogP contribution in [0.5, 0.6) is 0 Å². The summed E-state index contributed by atoms with van der Waals surface area (Å²) in [5, 5.41) is 11.8. The van der Waals surface area contributed by atoms with E-state index in [0.717, 1.165) is 5.01 Å². The van der Waals surface area contributed by atoms with E-state index in [1.54, 1.807) is 42.5 Å². The average molecular weight is 342 g/mol. The van der Waals surface area contributed by atoms with Gasteiger partial charge < -0.3 is 5.73 Å². The second-order valence-electron chi connectivity index (χ2n) is 5.40. The number of para-hydroxylation sites is 1. The SMILES string of the molecule is CC(=O)N(NC(=O)C(N)Cc1ccc([N+](=O)[O-])cc1)c1ccccc1. The predicted molar refractivity (Wildman–Crippen MR) is 92.5 cm³/mol. The molecular formula is C17H18N4O4. The molecule has 0 radical (unpaired) electrons. The van der Waals surface area contributed by atoms with E-state index < -0.39 is 16.9 Å². The first-order valence-corrected chi connectivity index (χ1v) is 7.53. The molecule has 8 nitrogen and oxygen atoms in total. The van der Waals surface area contributed by atoms with Crippen molar-refractivity contribution >= 4 is 23.2 Å². The molecule has 8 heteroatoms. The van der Waals surface area contributed by atoms with E-state index in [-0.39, 0.29) is 18.0 Å². The van der Waals surface area contributed by atoms with Crippen LogP contribution in [0, 0.1) is 10.1 Å². The lowest BCUT2D eigenvalue weighted by Gasteiger charge is -2.23. The fourth-order valence-electron chi connectivity index (χ4n) is 2.20. The number of benzene rings is 2. The van der Waals surface area contributed by atoms with Gasteiger partial charge >= 0.3 is 0 Å². The van der Waals surface area contributed by atoms with Crippen LogP contribution in [-0.2, 0) is 16.0 Å². The number of non-ortho nitro benzene ring substituents is 1. The highest BCUT2D eigenvalue weighted by molar-refractivity contribution is 5.96. The minimum absolute atomic E-state index is 0.0337. The summed E-state index contributed by atoms with van der Waals surface area (Å²) in [5.41, 5.74) is 9.55. The topological polar surface area (TPSA) is 119 Å². The Balaban J connectivity index is 2.03. The summed E-state index contributed by atoms with van der Waals surface area (Å²) >= 11 is 0. The van der Waals surface area contributed by atoms with Gasteiger partial charge in [0.05, 0.1) is 16.7 Å². The van der Waals surface area contributed by atoms with Gasteiger partial charge in [0.15, 0.2) is 0 Å². The van der Waals surface area contributed by atoms with Crippen LogP contribution >= 0.6 is 0 Å². The smallest absolute Gasteiger partial charge is 0.269 e. The number of hydrogen-bond acceptors (Lipinski definition) is 5. The van der Waals surface area contributed by atoms with Crippen LogP contribution in [0.4, 0.5) is 11.4 Å². The predicted octanol–water partition coefficient (Wildman–Crippen LogP) is 1.55. The molecule has 2 aromatic rings. The molecule has 0 aliphatic heterocycles. The number of hydrogen-bond donors (Lipinski definition) is 2. The molecule has 0 aliphatic carbocycles. The van der Waals surface area contributed by atoms with Gasteiger partial charge in [0, 0.05) is 19.1 Å². The number of carbonyl (C=O) groups excluding carboxylic acids is 2. The highest BCUT2D eigenvalue weighted by Crippen LogP contribution is 2.14. The van der Waals surface area contributed by atoms with Crippen molar-refractivity contribution in [1.29, 1.82) is 0 Å². The van der Waals surface area contributed by atoms with E-state index in [4.69, 9.17) is 5.73 Å². The zero-order valence-corrected chi connectivity index (χ0v) is 13.6. The van der Waals surface area contributed by atoms with Crippen molar-refractivity contribution in [2.24, 2.45) is 5.73 Å². The van der Waals surface area contributed by atoms with E-state index in [2.05, 4.69) is 5.43 Å². The summed E-state index contributed by atoms with van der Waals surface area (Å²) in [7, 11) is 0. The number of nitrogens with zero attached hydrogens (tertiary/aromatic N) is 2. The van der Waals surface area contributed by atoms with Crippen molar-refractivity contribution in [1.82, 2.24) is 5.43 Å². The molecule has 3 N–H and O–H groups in total. The molecule has 2 aromatic carbocycles. The zero-order valence-electron chi connectivity index (χ0n) is 13.6. The van der Waals surface area contributed by atoms with Gasteiger partial charge in [-0.05, 0) is 24.1 Å². The Kier molecular flexibility index (Phi) is 5.80. The number of nitrogens with one attached hydrogen (secondary N) is 1. The maximum absolute atomic E-state index is 12.3. The van der Waals surface area contributed by atoms with Crippen molar-refractivity contribution in [3.05, 3.63) is 70.3 Å². The minimum Gasteiger partial charge on any atom is -0.320 e. The summed E-state index contributed by atoms with van der Waals surface area (Å²) in [6.07, 6.45) is 0.185. The molecule has 2 amide bonds. The van der Waals surface area contributed by atoms with Crippen molar-refractivity contribution in [2.75, 3.05) is 5.01 Å². The Morgan fingerprint density at radius 2 is 1.76 bits per heavy atom. The standard InChI is InChI=1S/C17H18N4O4/c1-12(22)20(14-5-3-2-4-6-14)19-17(23)16(18)11-13-7-9-15(10-8-13)21(24)25/h2-10,16H,11,18H2,1H3,(H,19,23). The fourth-order valence-corrected chi connectivity index (χ4v) is 2.20. The Morgan fingerprint density at radius 3 is 2.28 bits per heavy atom. The highest BCUT2D eigenvalue weighted by Gasteiger charge is 2.20. The second kappa shape index (κ2) is 8.02. The normalized spacial score (nSPS) is 11.4. The Labute approximate surface area is 144 Å². The number of hydrazine groups is 1. The Bertz CT molecular complexity index is 762. The maximum atomic E-state index is 12.3. The first-order chi connectivity index (χ1) is 11.9. The van der Waals surface area contributed by atoms with Crippen molar-refractivity contribution in [2.45, 2.75) is 19.4 Å². The lowest BCUT2D eigenvalue weighted by atomic mass is 10.1. The van der Waals surface area contributed by atoms with Crippen LogP contribution in [0.25, 0.3) is 0 Å². The van der Waals surface area contributed by atoms with Crippen molar-refractivity contribution in [3.8, 4) is 0 Å². The van der Waals surface area contributed by atoms with Crippen LogP contribution in [0.3, 0.4) is 0 Å². The van der Waals surface area contributed by atoms with E-state index in [0.29, 0.717) is 11.3 Å². The summed E-state index contributed by atoms with van der Waals surface area (Å²) < 4.78 is 0. The van der Waals surface area contributed by atoms with Gasteiger partial charge in [0.1, 0.15) is 0 Å². The molecule has 0 aliphatic rings. The molecule has 0 saturated carbocycles. The lowest BCUT2D eigenvalue weighted by Crippen LogP contribution is -2.52. The van der Waals surface area contributed by atoms with Crippen molar-refractivity contribution < 1.29 is 14.5 Å². The molecule has 1 atom stereocenters. The van der Waals surface area contributed by atoms with Gasteiger partial charge in [-0.25, -0.2) is 5.01 Å². The Hall–Kier alpha value is -3.26. The van der Waals surface area contributed by atoms with Crippen LogP contribution < -0.4 is 16.2 Å². The van der Waals surface area contributed by atoms with Gasteiger partial charge in [-0.3, -0.25) is 25.1 Å². The van der Waals surface area contributed by atoms with E-state index >= 15 is 0 Å². The molecule has 0 fully saturated rings. The minimum atomic E-state index is -0.910. The molecule has 130 valence electrons. The van der Waals surface area contributed by atoms with Crippen LogP contribution in [0.1, 0.15) is 12.5 Å². The van der Waals surface area contributed by atoms with E-state index in [1.165, 1.54) is 19.1 Å². The highest BCUT2D eigenvalue weighted by atomic mass is 16.6. The van der Waals surface area contributed by atoms with Crippen LogP contribution in [-0.4, -0.2) is 22.8 Å². The van der Waals surface area contributed by atoms with E-state index in [1.807, 2.05) is 0 Å². The Morgan fingerprint density at radius 1 is 1.16 bits per heavy atom. The van der Waals surface area contributed by atoms with Gasteiger partial charge in [-0.1, -0.05) is 30.3 Å². The molecule has 0 bridgehead atoms. The molecule has 0 saturated heterocycles. The summed E-state index contributed by atoms with van der Waals surface area (Å²) in [6.45, 7) is 1.33. The third-order valence-electron chi connectivity index (χ3n) is 3.49. The van der Waals surface area contributed by atoms with Gasteiger partial charge in [0.25, 0.3) is 11.6 Å². The molecule has 0 heterocycles. The number of nitrogens with two attached hydrogens (primary N) is 1. The molecular weight excluding hydrogens is 324 g/mol. The third kappa shape index (κ3) is 4.85. The number of anilines is 1. The summed E-state index contributed by atoms with van der Waals surface area (Å²) in [4.78, 5) is 34.2.